The highest BCUT2D eigenvalue weighted by Crippen LogP contribution is 2.43. The molecule has 2 heteroatoms. The second-order valence-corrected chi connectivity index (χ2v) is 17.4. The average Bonchev–Trinajstić information content (AvgIpc) is 3.42. The van der Waals surface area contributed by atoms with Crippen molar-refractivity contribution in [2.75, 3.05) is 9.80 Å². The van der Waals surface area contributed by atoms with E-state index in [1.54, 1.807) is 0 Å². The molecule has 0 fully saturated rings. The molecule has 68 heavy (non-hydrogen) atoms. The van der Waals surface area contributed by atoms with E-state index in [0.29, 0.717) is 0 Å². The van der Waals surface area contributed by atoms with Crippen LogP contribution in [0.2, 0.25) is 0 Å². The van der Waals surface area contributed by atoms with Gasteiger partial charge < -0.3 is 9.80 Å². The molecule has 12 rings (SSSR count). The molecule has 0 spiro atoms. The zero-order chi connectivity index (χ0) is 45.2. The van der Waals surface area contributed by atoms with Crippen LogP contribution in [-0.4, -0.2) is 0 Å². The summed E-state index contributed by atoms with van der Waals surface area (Å²) in [6.07, 6.45) is 0. The first kappa shape index (κ1) is 40.5. The molecule has 0 aliphatic heterocycles. The summed E-state index contributed by atoms with van der Waals surface area (Å²) in [5, 5.41) is 7.32. The number of hydrogen-bond acceptors (Lipinski definition) is 2. The average molecular weight is 867 g/mol. The molecule has 12 aromatic rings. The van der Waals surface area contributed by atoms with Crippen molar-refractivity contribution in [2.24, 2.45) is 0 Å². The predicted molar refractivity (Wildman–Crippen MR) is 290 cm³/mol. The van der Waals surface area contributed by atoms with Crippen LogP contribution < -0.4 is 9.80 Å². The van der Waals surface area contributed by atoms with Crippen molar-refractivity contribution in [3.05, 3.63) is 279 Å². The molecule has 0 aromatic heterocycles. The maximum atomic E-state index is 2.37. The molecule has 0 aliphatic carbocycles. The molecule has 0 heterocycles. The number of rotatable bonds is 10. The van der Waals surface area contributed by atoms with Crippen LogP contribution in [0.4, 0.5) is 34.1 Å². The van der Waals surface area contributed by atoms with Crippen molar-refractivity contribution in [1.29, 1.82) is 0 Å². The van der Waals surface area contributed by atoms with Crippen molar-refractivity contribution < 1.29 is 0 Å². The fourth-order valence-electron chi connectivity index (χ4n) is 9.78. The summed E-state index contributed by atoms with van der Waals surface area (Å²) in [7, 11) is 0. The maximum Gasteiger partial charge on any atom is 0.0468 e. The first-order valence-electron chi connectivity index (χ1n) is 23.3. The first-order valence-corrected chi connectivity index (χ1v) is 23.3. The number of hydrogen-bond donors (Lipinski definition) is 0. The Balaban J connectivity index is 0.945. The second kappa shape index (κ2) is 17.8. The van der Waals surface area contributed by atoms with E-state index in [1.165, 1.54) is 76.8 Å². The first-order chi connectivity index (χ1) is 33.7. The monoisotopic (exact) mass is 866 g/mol. The van der Waals surface area contributed by atoms with Crippen LogP contribution in [0.5, 0.6) is 0 Å². The van der Waals surface area contributed by atoms with E-state index in [-0.39, 0.29) is 0 Å². The van der Waals surface area contributed by atoms with Gasteiger partial charge in [-0.15, -0.1) is 0 Å². The SMILES string of the molecule is c1ccc(-c2ccc(N(c3ccc(-c4ccccc4)cc3)c3ccc4c(ccc5ccc6cc(N(c7ccc(-c8ccccc8)cc7)c7ccc(-c8ccccc8)cc7)ccc6c54)c3)cc2)cc1. The molecule has 0 atom stereocenters. The lowest BCUT2D eigenvalue weighted by molar-refractivity contribution is 1.29. The summed E-state index contributed by atoms with van der Waals surface area (Å²) >= 11 is 0. The summed E-state index contributed by atoms with van der Waals surface area (Å²) in [6.45, 7) is 0. The summed E-state index contributed by atoms with van der Waals surface area (Å²) in [4.78, 5) is 4.74. The molecule has 12 aromatic carbocycles. The zero-order valence-electron chi connectivity index (χ0n) is 37.5. The van der Waals surface area contributed by atoms with Crippen LogP contribution in [0.1, 0.15) is 0 Å². The number of benzene rings is 12. The van der Waals surface area contributed by atoms with Crippen LogP contribution in [0.3, 0.4) is 0 Å². The number of anilines is 6. The highest BCUT2D eigenvalue weighted by Gasteiger charge is 2.18. The lowest BCUT2D eigenvalue weighted by Gasteiger charge is -2.27. The van der Waals surface area contributed by atoms with Gasteiger partial charge >= 0.3 is 0 Å². The Hall–Kier alpha value is -8.98. The van der Waals surface area contributed by atoms with Gasteiger partial charge in [-0.1, -0.05) is 206 Å². The summed E-state index contributed by atoms with van der Waals surface area (Å²) in [5.41, 5.74) is 16.2. The van der Waals surface area contributed by atoms with Crippen molar-refractivity contribution in [3.63, 3.8) is 0 Å². The molecule has 0 saturated carbocycles. The van der Waals surface area contributed by atoms with Crippen molar-refractivity contribution in [2.45, 2.75) is 0 Å². The Morgan fingerprint density at radius 2 is 0.412 bits per heavy atom. The van der Waals surface area contributed by atoms with Gasteiger partial charge in [0.1, 0.15) is 0 Å². The third-order valence-electron chi connectivity index (χ3n) is 13.2. The lowest BCUT2D eigenvalue weighted by Crippen LogP contribution is -2.10. The van der Waals surface area contributed by atoms with Crippen LogP contribution in [0.25, 0.3) is 76.8 Å². The zero-order valence-corrected chi connectivity index (χ0v) is 37.5. The summed E-state index contributed by atoms with van der Waals surface area (Å²) < 4.78 is 0. The van der Waals surface area contributed by atoms with Gasteiger partial charge in [-0.25, -0.2) is 0 Å². The molecule has 0 bridgehead atoms. The molecule has 0 amide bonds. The Labute approximate surface area is 397 Å². The van der Waals surface area contributed by atoms with Crippen molar-refractivity contribution in [3.8, 4) is 44.5 Å². The minimum absolute atomic E-state index is 1.10. The number of fused-ring (bicyclic) bond motifs is 5. The van der Waals surface area contributed by atoms with E-state index < -0.39 is 0 Å². The van der Waals surface area contributed by atoms with Gasteiger partial charge in [-0.3, -0.25) is 0 Å². The van der Waals surface area contributed by atoms with E-state index >= 15 is 0 Å². The fourth-order valence-corrected chi connectivity index (χ4v) is 9.78. The van der Waals surface area contributed by atoms with Gasteiger partial charge in [-0.2, -0.15) is 0 Å². The van der Waals surface area contributed by atoms with Gasteiger partial charge in [0.25, 0.3) is 0 Å². The molecular formula is C66H46N2. The van der Waals surface area contributed by atoms with Gasteiger partial charge in [0.15, 0.2) is 0 Å². The predicted octanol–water partition coefficient (Wildman–Crippen LogP) is 18.8. The highest BCUT2D eigenvalue weighted by atomic mass is 15.1. The lowest BCUT2D eigenvalue weighted by atomic mass is 9.95. The van der Waals surface area contributed by atoms with Crippen molar-refractivity contribution >= 4 is 66.4 Å². The van der Waals surface area contributed by atoms with Crippen LogP contribution >= 0.6 is 0 Å². The van der Waals surface area contributed by atoms with Crippen LogP contribution in [0, 0.1) is 0 Å². The Morgan fingerprint density at radius 3 is 0.691 bits per heavy atom. The molecule has 2 nitrogen and oxygen atoms in total. The third-order valence-corrected chi connectivity index (χ3v) is 13.2. The standard InChI is InChI=1S/C66H46N2/c1-5-13-47(14-6-1)51-25-33-58(34-26-51)67(59-35-27-52(28-36-59)48-15-7-2-8-16-48)62-41-43-64-56(45-62)23-21-55-22-24-57-46-63(42-44-65(57)66(55)64)68(60-37-29-53(30-38-60)49-17-9-3-10-18-49)61-39-31-54(32-40-61)50-19-11-4-12-20-50/h1-46H. The molecule has 0 unspecified atom stereocenters. The fraction of sp³-hybridized carbons (Fsp3) is 0. The number of nitrogens with zero attached hydrogens (tertiary/aromatic N) is 2. The summed E-state index contributed by atoms with van der Waals surface area (Å²) in [5.74, 6) is 0. The van der Waals surface area contributed by atoms with Crippen LogP contribution in [0.15, 0.2) is 279 Å². The molecule has 0 aliphatic rings. The quantitative estimate of drug-likeness (QED) is 0.126. The largest absolute Gasteiger partial charge is 0.310 e. The van der Waals surface area contributed by atoms with Gasteiger partial charge in [0.2, 0.25) is 0 Å². The van der Waals surface area contributed by atoms with Crippen LogP contribution in [-0.2, 0) is 0 Å². The molecule has 0 radical (unpaired) electrons. The van der Waals surface area contributed by atoms with E-state index in [9.17, 15) is 0 Å². The topological polar surface area (TPSA) is 6.48 Å². The van der Waals surface area contributed by atoms with Crippen molar-refractivity contribution in [1.82, 2.24) is 0 Å². The van der Waals surface area contributed by atoms with Gasteiger partial charge in [-0.05, 0) is 150 Å². The second-order valence-electron chi connectivity index (χ2n) is 17.4. The Morgan fingerprint density at radius 1 is 0.176 bits per heavy atom. The van der Waals surface area contributed by atoms with Gasteiger partial charge in [0.05, 0.1) is 0 Å². The maximum absolute atomic E-state index is 2.37. The molecular weight excluding hydrogens is 821 g/mol. The van der Waals surface area contributed by atoms with E-state index in [4.69, 9.17) is 0 Å². The Bertz CT molecular complexity index is 3250. The molecule has 0 N–H and O–H groups in total. The normalized spacial score (nSPS) is 11.2. The smallest absolute Gasteiger partial charge is 0.0468 e. The third kappa shape index (κ3) is 7.85. The van der Waals surface area contributed by atoms with E-state index in [1.807, 2.05) is 0 Å². The molecule has 320 valence electrons. The highest BCUT2D eigenvalue weighted by molar-refractivity contribution is 6.21. The summed E-state index contributed by atoms with van der Waals surface area (Å²) in [6, 6.07) is 101. The van der Waals surface area contributed by atoms with E-state index in [2.05, 4.69) is 289 Å². The minimum Gasteiger partial charge on any atom is -0.310 e. The van der Waals surface area contributed by atoms with Gasteiger partial charge in [0, 0.05) is 34.1 Å². The minimum atomic E-state index is 1.10. The Kier molecular flexibility index (Phi) is 10.6. The van der Waals surface area contributed by atoms with E-state index in [0.717, 1.165) is 34.1 Å². The molecule has 0 saturated heterocycles.